The zero-order valence-electron chi connectivity index (χ0n) is 18.1. The van der Waals surface area contributed by atoms with Crippen LogP contribution in [0.15, 0.2) is 30.5 Å². The Hall–Kier alpha value is -2.13. The number of hydrogen-bond donors (Lipinski definition) is 1. The molecule has 1 aliphatic carbocycles. The molecule has 2 aliphatic rings. The predicted molar refractivity (Wildman–Crippen MR) is 123 cm³/mol. The van der Waals surface area contributed by atoms with E-state index in [9.17, 15) is 22.2 Å². The Morgan fingerprint density at radius 1 is 1.21 bits per heavy atom. The highest BCUT2D eigenvalue weighted by atomic mass is 35.5. The smallest absolute Gasteiger partial charge is 0.380 e. The molecule has 0 bridgehead atoms. The van der Waals surface area contributed by atoms with Crippen LogP contribution in [0.25, 0.3) is 0 Å². The Bertz CT molecular complexity index is 1050. The fourth-order valence-corrected chi connectivity index (χ4v) is 6.17. The number of alkyl halides is 3. The van der Waals surface area contributed by atoms with Crippen molar-refractivity contribution in [3.63, 3.8) is 0 Å². The van der Waals surface area contributed by atoms with Crippen LogP contribution in [-0.4, -0.2) is 44.6 Å². The molecular weight excluding hydrogens is 475 g/mol. The molecule has 1 unspecified atom stereocenters. The maximum absolute atomic E-state index is 13.4. The first-order valence-corrected chi connectivity index (χ1v) is 12.7. The highest BCUT2D eigenvalue weighted by Gasteiger charge is 2.39. The van der Waals surface area contributed by atoms with Gasteiger partial charge in [-0.05, 0) is 55.0 Å². The van der Waals surface area contributed by atoms with Gasteiger partial charge in [0.1, 0.15) is 0 Å². The van der Waals surface area contributed by atoms with E-state index in [-0.39, 0.29) is 34.9 Å². The molecule has 1 aromatic carbocycles. The monoisotopic (exact) mass is 499 g/mol. The van der Waals surface area contributed by atoms with Gasteiger partial charge in [-0.3, -0.25) is 14.0 Å². The first kappa shape index (κ1) is 24.0. The fourth-order valence-electron chi connectivity index (χ4n) is 4.59. The zero-order valence-corrected chi connectivity index (χ0v) is 19.7. The first-order chi connectivity index (χ1) is 15.6. The van der Waals surface area contributed by atoms with Gasteiger partial charge in [0.05, 0.1) is 34.7 Å². The number of rotatable bonds is 5. The molecule has 0 spiro atoms. The number of halogens is 4. The fraction of sp³-hybridized carbons (Fsp3) is 0.478. The molecule has 1 atom stereocenters. The summed E-state index contributed by atoms with van der Waals surface area (Å²) in [4.78, 5) is 18.7. The van der Waals surface area contributed by atoms with E-state index in [1.54, 1.807) is 24.2 Å². The van der Waals surface area contributed by atoms with Crippen LogP contribution in [0.1, 0.15) is 35.2 Å². The molecule has 0 radical (unpaired) electrons. The SMILES string of the molecule is CN(Cc1ccc(NC2Cc3ccc(Cl)c(C(F)(F)F)c3C2)cn1)C(=O)C1CCS(=O)CC1. The zero-order chi connectivity index (χ0) is 23.8. The molecule has 10 heteroatoms. The average Bonchev–Trinajstić information content (AvgIpc) is 3.16. The van der Waals surface area contributed by atoms with Crippen molar-refractivity contribution < 1.29 is 22.2 Å². The van der Waals surface area contributed by atoms with Crippen molar-refractivity contribution >= 4 is 34.0 Å². The van der Waals surface area contributed by atoms with Gasteiger partial charge in [-0.15, -0.1) is 0 Å². The highest BCUT2D eigenvalue weighted by molar-refractivity contribution is 7.85. The van der Waals surface area contributed by atoms with E-state index in [0.717, 1.165) is 5.69 Å². The minimum Gasteiger partial charge on any atom is -0.380 e. The Labute approximate surface area is 198 Å². The van der Waals surface area contributed by atoms with Gasteiger partial charge in [-0.25, -0.2) is 0 Å². The molecule has 2 aromatic rings. The number of benzene rings is 1. The molecule has 5 nitrogen and oxygen atoms in total. The summed E-state index contributed by atoms with van der Waals surface area (Å²) >= 11 is 5.85. The standard InChI is InChI=1S/C23H25ClF3N3O2S/c1-30(22(31)14-6-8-33(32)9-7-14)13-17-4-3-16(12-28-17)29-18-10-15-2-5-20(24)21(19(15)11-18)23(25,26)27/h2-5,12,14,18,29H,6-11,13H2,1H3. The van der Waals surface area contributed by atoms with E-state index in [1.165, 1.54) is 6.07 Å². The second-order valence-corrected chi connectivity index (χ2v) is 10.8. The summed E-state index contributed by atoms with van der Waals surface area (Å²) in [5, 5.41) is 2.99. The van der Waals surface area contributed by atoms with E-state index in [4.69, 9.17) is 11.6 Å². The third-order valence-corrected chi connectivity index (χ3v) is 7.96. The lowest BCUT2D eigenvalue weighted by molar-refractivity contribution is -0.138. The topological polar surface area (TPSA) is 62.3 Å². The van der Waals surface area contributed by atoms with Crippen molar-refractivity contribution in [3.05, 3.63) is 57.9 Å². The van der Waals surface area contributed by atoms with Crippen LogP contribution in [-0.2, 0) is 41.2 Å². The molecule has 178 valence electrons. The Morgan fingerprint density at radius 2 is 1.94 bits per heavy atom. The van der Waals surface area contributed by atoms with Crippen molar-refractivity contribution in [2.45, 2.75) is 44.4 Å². The summed E-state index contributed by atoms with van der Waals surface area (Å²) in [5.41, 5.74) is 1.59. The largest absolute Gasteiger partial charge is 0.418 e. The minimum absolute atomic E-state index is 0.0403. The maximum Gasteiger partial charge on any atom is 0.418 e. The molecule has 0 saturated carbocycles. The number of fused-ring (bicyclic) bond motifs is 1. The molecular formula is C23H25ClF3N3O2S. The molecule has 1 aromatic heterocycles. The number of amides is 1. The number of pyridine rings is 1. The summed E-state index contributed by atoms with van der Waals surface area (Å²) in [7, 11) is 0.931. The van der Waals surface area contributed by atoms with Gasteiger partial charge in [0.25, 0.3) is 0 Å². The van der Waals surface area contributed by atoms with Gasteiger partial charge in [-0.1, -0.05) is 17.7 Å². The molecule has 1 saturated heterocycles. The Morgan fingerprint density at radius 3 is 2.58 bits per heavy atom. The van der Waals surface area contributed by atoms with Gasteiger partial charge >= 0.3 is 6.18 Å². The summed E-state index contributed by atoms with van der Waals surface area (Å²) in [5.74, 6) is 1.10. The van der Waals surface area contributed by atoms with Crippen molar-refractivity contribution in [1.82, 2.24) is 9.88 Å². The second-order valence-electron chi connectivity index (χ2n) is 8.66. The van der Waals surface area contributed by atoms with Crippen LogP contribution in [0.4, 0.5) is 18.9 Å². The summed E-state index contributed by atoms with van der Waals surface area (Å²) in [6.07, 6.45) is -0.846. The van der Waals surface area contributed by atoms with Crippen LogP contribution in [0.2, 0.25) is 5.02 Å². The van der Waals surface area contributed by atoms with Crippen LogP contribution < -0.4 is 5.32 Å². The minimum atomic E-state index is -4.49. The molecule has 1 fully saturated rings. The number of anilines is 1. The van der Waals surface area contributed by atoms with Crippen molar-refractivity contribution in [1.29, 1.82) is 0 Å². The van der Waals surface area contributed by atoms with Gasteiger partial charge in [-0.2, -0.15) is 13.2 Å². The number of carbonyl (C=O) groups excluding carboxylic acids is 1. The Balaban J connectivity index is 1.35. The molecule has 1 amide bonds. The lowest BCUT2D eigenvalue weighted by Gasteiger charge is -2.26. The lowest BCUT2D eigenvalue weighted by atomic mass is 10.0. The van der Waals surface area contributed by atoms with Crippen molar-refractivity contribution in [2.24, 2.45) is 5.92 Å². The van der Waals surface area contributed by atoms with Crippen molar-refractivity contribution in [2.75, 3.05) is 23.9 Å². The van der Waals surface area contributed by atoms with Gasteiger partial charge in [0.2, 0.25) is 5.91 Å². The molecule has 2 heterocycles. The third-order valence-electron chi connectivity index (χ3n) is 6.27. The normalized spacial score (nSPS) is 22.6. The second kappa shape index (κ2) is 9.62. The number of carbonyl (C=O) groups is 1. The van der Waals surface area contributed by atoms with Crippen LogP contribution in [0.3, 0.4) is 0 Å². The number of aromatic nitrogens is 1. The molecule has 4 rings (SSSR count). The summed E-state index contributed by atoms with van der Waals surface area (Å²) in [6, 6.07) is 6.42. The summed E-state index contributed by atoms with van der Waals surface area (Å²) < 4.78 is 51.8. The van der Waals surface area contributed by atoms with Gasteiger partial charge in [0, 0.05) is 41.3 Å². The Kier molecular flexibility index (Phi) is 7.00. The molecule has 33 heavy (non-hydrogen) atoms. The summed E-state index contributed by atoms with van der Waals surface area (Å²) in [6.45, 7) is 0.362. The highest BCUT2D eigenvalue weighted by Crippen LogP contribution is 2.41. The van der Waals surface area contributed by atoms with Crippen LogP contribution >= 0.6 is 11.6 Å². The van der Waals surface area contributed by atoms with E-state index in [1.807, 2.05) is 12.1 Å². The van der Waals surface area contributed by atoms with Crippen LogP contribution in [0.5, 0.6) is 0 Å². The van der Waals surface area contributed by atoms with Crippen molar-refractivity contribution in [3.8, 4) is 0 Å². The average molecular weight is 500 g/mol. The van der Waals surface area contributed by atoms with E-state index in [0.29, 0.717) is 48.6 Å². The van der Waals surface area contributed by atoms with E-state index >= 15 is 0 Å². The van der Waals surface area contributed by atoms with E-state index < -0.39 is 22.5 Å². The number of hydrogen-bond acceptors (Lipinski definition) is 4. The first-order valence-electron chi connectivity index (χ1n) is 10.8. The quantitative estimate of drug-likeness (QED) is 0.660. The van der Waals surface area contributed by atoms with Gasteiger partial charge < -0.3 is 10.2 Å². The number of nitrogens with zero attached hydrogens (tertiary/aromatic N) is 2. The number of nitrogens with one attached hydrogen (secondary N) is 1. The predicted octanol–water partition coefficient (Wildman–Crippen LogP) is 4.45. The van der Waals surface area contributed by atoms with Gasteiger partial charge in [0.15, 0.2) is 0 Å². The van der Waals surface area contributed by atoms with Crippen LogP contribution in [0, 0.1) is 5.92 Å². The maximum atomic E-state index is 13.4. The molecule has 1 N–H and O–H groups in total. The molecule has 1 aliphatic heterocycles. The third kappa shape index (κ3) is 5.51. The van der Waals surface area contributed by atoms with E-state index in [2.05, 4.69) is 10.3 Å². The lowest BCUT2D eigenvalue weighted by Crippen LogP contribution is -2.36.